The third kappa shape index (κ3) is 11.9. The number of aliphatic hydroxyl groups excluding tert-OH is 1. The lowest BCUT2D eigenvalue weighted by Gasteiger charge is -2.21. The van der Waals surface area contributed by atoms with Crippen LogP contribution in [0.2, 0.25) is 0 Å². The number of amidine groups is 1. The number of nitrogens with two attached hydrogens (primary N) is 2. The molecular formula is C14H21N7O7S3. The summed E-state index contributed by atoms with van der Waals surface area (Å²) in [5.41, 5.74) is 11.4. The van der Waals surface area contributed by atoms with Crippen LogP contribution >= 0.6 is 23.1 Å². The molecule has 1 aromatic rings. The molecule has 9 N–H and O–H groups in total. The van der Waals surface area contributed by atoms with Crippen LogP contribution in [-0.4, -0.2) is 71.0 Å². The van der Waals surface area contributed by atoms with Crippen LogP contribution in [0.15, 0.2) is 27.5 Å². The lowest BCUT2D eigenvalue weighted by atomic mass is 10.4. The van der Waals surface area contributed by atoms with Gasteiger partial charge in [-0.15, -0.1) is 11.3 Å². The Morgan fingerprint density at radius 3 is 2.48 bits per heavy atom. The standard InChI is InChI=1S/C10H17N7O3S3.C4H4O4/c11-9(12)15-10-13-6(5-22-10)4-21-2-1-7-14-8(3-18)17-23(19,20)16-7;5-3(6)1-2-4(7)8/h5,8,17-18H,1-4H2,(H,14,16)(H4,11,12,13,15);1-2H,(H,5,6)(H,7,8)/b;2-1-. The van der Waals surface area contributed by atoms with Crippen molar-refractivity contribution in [1.82, 2.24) is 14.4 Å². The molecule has 31 heavy (non-hydrogen) atoms. The number of rotatable bonds is 9. The van der Waals surface area contributed by atoms with Crippen LogP contribution in [-0.2, 0) is 25.6 Å². The van der Waals surface area contributed by atoms with Crippen LogP contribution in [0.4, 0.5) is 5.13 Å². The highest BCUT2D eigenvalue weighted by atomic mass is 32.2. The van der Waals surface area contributed by atoms with E-state index >= 15 is 0 Å². The Labute approximate surface area is 185 Å². The van der Waals surface area contributed by atoms with Crippen LogP contribution < -0.4 is 20.9 Å². The van der Waals surface area contributed by atoms with Gasteiger partial charge in [-0.25, -0.2) is 19.6 Å². The van der Waals surface area contributed by atoms with Gasteiger partial charge in [-0.1, -0.05) is 0 Å². The molecule has 1 aromatic heterocycles. The van der Waals surface area contributed by atoms with Gasteiger partial charge in [0.25, 0.3) is 0 Å². The Morgan fingerprint density at radius 1 is 1.29 bits per heavy atom. The molecule has 1 aliphatic heterocycles. The molecule has 2 heterocycles. The van der Waals surface area contributed by atoms with Gasteiger partial charge >= 0.3 is 22.1 Å². The normalized spacial score (nSPS) is 17.1. The number of carboxylic acids is 2. The molecule has 2 rings (SSSR count). The summed E-state index contributed by atoms with van der Waals surface area (Å²) in [4.78, 5) is 31.3. The Balaban J connectivity index is 0.000000512. The number of aromatic nitrogens is 1. The topological polar surface area (TPSA) is 243 Å². The molecular weight excluding hydrogens is 474 g/mol. The second-order valence-corrected chi connectivity index (χ2v) is 8.86. The maximum Gasteiger partial charge on any atom is 0.328 e. The fourth-order valence-electron chi connectivity index (χ4n) is 1.81. The van der Waals surface area contributed by atoms with Crippen LogP contribution in [0.25, 0.3) is 0 Å². The zero-order chi connectivity index (χ0) is 23.4. The van der Waals surface area contributed by atoms with E-state index in [2.05, 4.69) is 24.4 Å². The Bertz CT molecular complexity index is 939. The molecule has 17 heteroatoms. The Hall–Kier alpha value is -2.73. The van der Waals surface area contributed by atoms with Gasteiger partial charge in [-0.3, -0.25) is 4.72 Å². The number of thiazole rings is 1. The quantitative estimate of drug-likeness (QED) is 0.0902. The summed E-state index contributed by atoms with van der Waals surface area (Å²) < 4.78 is 27.5. The molecule has 0 spiro atoms. The first-order valence-corrected chi connectivity index (χ1v) is 11.8. The molecule has 1 aliphatic rings. The number of carboxylic acid groups (broad SMARTS) is 2. The zero-order valence-electron chi connectivity index (χ0n) is 15.8. The van der Waals surface area contributed by atoms with Crippen molar-refractivity contribution in [3.63, 3.8) is 0 Å². The van der Waals surface area contributed by atoms with E-state index < -0.39 is 28.3 Å². The summed E-state index contributed by atoms with van der Waals surface area (Å²) in [6, 6.07) is 0. The maximum atomic E-state index is 11.5. The molecule has 1 atom stereocenters. The van der Waals surface area contributed by atoms with E-state index in [-0.39, 0.29) is 12.6 Å². The maximum absolute atomic E-state index is 11.5. The van der Waals surface area contributed by atoms with Gasteiger partial charge in [0.05, 0.1) is 12.3 Å². The Kier molecular flexibility index (Phi) is 10.9. The first-order chi connectivity index (χ1) is 14.5. The minimum absolute atomic E-state index is 0.0341. The summed E-state index contributed by atoms with van der Waals surface area (Å²) in [6.07, 6.45) is 0.722. The second kappa shape index (κ2) is 12.8. The van der Waals surface area contributed by atoms with Crippen LogP contribution in [0, 0.1) is 0 Å². The predicted octanol–water partition coefficient (Wildman–Crippen LogP) is -1.46. The second-order valence-electron chi connectivity index (χ2n) is 5.47. The van der Waals surface area contributed by atoms with Gasteiger partial charge < -0.3 is 26.8 Å². The average Bonchev–Trinajstić information content (AvgIpc) is 3.09. The van der Waals surface area contributed by atoms with Crippen molar-refractivity contribution in [3.8, 4) is 0 Å². The van der Waals surface area contributed by atoms with Crippen molar-refractivity contribution in [2.24, 2.45) is 21.5 Å². The number of aliphatic hydroxyl groups is 1. The van der Waals surface area contributed by atoms with E-state index in [0.717, 1.165) is 5.69 Å². The van der Waals surface area contributed by atoms with Crippen LogP contribution in [0.5, 0.6) is 0 Å². The molecule has 0 aliphatic carbocycles. The van der Waals surface area contributed by atoms with E-state index in [1.807, 2.05) is 5.38 Å². The molecule has 0 aromatic carbocycles. The third-order valence-corrected chi connectivity index (χ3v) is 5.76. The van der Waals surface area contributed by atoms with E-state index in [9.17, 15) is 18.0 Å². The largest absolute Gasteiger partial charge is 0.478 e. The van der Waals surface area contributed by atoms with Gasteiger partial charge in [0.15, 0.2) is 5.96 Å². The van der Waals surface area contributed by atoms with Gasteiger partial charge in [0, 0.05) is 35.5 Å². The molecule has 1 unspecified atom stereocenters. The molecule has 0 fully saturated rings. The van der Waals surface area contributed by atoms with E-state index in [1.54, 1.807) is 11.8 Å². The smallest absolute Gasteiger partial charge is 0.328 e. The SMILES string of the molecule is NC(N)=Nc1nc(CSCCC2=NC(CO)NS(=O)(=O)N2)cs1.O=C(O)/C=C\C(=O)O. The minimum atomic E-state index is -3.64. The molecule has 14 nitrogen and oxygen atoms in total. The number of nitrogens with zero attached hydrogens (tertiary/aromatic N) is 3. The number of aliphatic carboxylic acids is 2. The Morgan fingerprint density at radius 2 is 1.94 bits per heavy atom. The van der Waals surface area contributed by atoms with Gasteiger partial charge in [0.1, 0.15) is 12.0 Å². The summed E-state index contributed by atoms with van der Waals surface area (Å²) >= 11 is 2.92. The molecule has 0 bridgehead atoms. The number of hydrogen-bond acceptors (Lipinski definition) is 10. The molecule has 0 saturated heterocycles. The zero-order valence-corrected chi connectivity index (χ0v) is 18.3. The molecule has 172 valence electrons. The summed E-state index contributed by atoms with van der Waals surface area (Å²) in [6.45, 7) is -0.385. The lowest BCUT2D eigenvalue weighted by molar-refractivity contribution is -0.134. The number of carbonyl (C=O) groups is 2. The van der Waals surface area contributed by atoms with Crippen molar-refractivity contribution in [1.29, 1.82) is 0 Å². The molecule has 0 saturated carbocycles. The van der Waals surface area contributed by atoms with Crippen molar-refractivity contribution in [2.75, 3.05) is 12.4 Å². The first kappa shape index (κ1) is 26.3. The van der Waals surface area contributed by atoms with Gasteiger partial charge in [0.2, 0.25) is 5.13 Å². The van der Waals surface area contributed by atoms with E-state index in [4.69, 9.17) is 26.8 Å². The highest BCUT2D eigenvalue weighted by molar-refractivity contribution is 7.98. The van der Waals surface area contributed by atoms with Gasteiger partial charge in [-0.2, -0.15) is 29.9 Å². The van der Waals surface area contributed by atoms with Crippen molar-refractivity contribution < 1.29 is 33.3 Å². The summed E-state index contributed by atoms with van der Waals surface area (Å²) in [5, 5.41) is 27.0. The third-order valence-electron chi connectivity index (χ3n) is 2.89. The predicted molar refractivity (Wildman–Crippen MR) is 116 cm³/mol. The number of aliphatic imine (C=N–C) groups is 2. The molecule has 0 amide bonds. The number of guanidine groups is 1. The summed E-state index contributed by atoms with van der Waals surface area (Å²) in [5.74, 6) is -0.921. The highest BCUT2D eigenvalue weighted by Gasteiger charge is 2.23. The number of hydrogen-bond donors (Lipinski definition) is 7. The first-order valence-electron chi connectivity index (χ1n) is 8.24. The van der Waals surface area contributed by atoms with Crippen LogP contribution in [0.1, 0.15) is 12.1 Å². The van der Waals surface area contributed by atoms with Crippen LogP contribution in [0.3, 0.4) is 0 Å². The monoisotopic (exact) mass is 495 g/mol. The van der Waals surface area contributed by atoms with Crippen molar-refractivity contribution in [3.05, 3.63) is 23.2 Å². The lowest BCUT2D eigenvalue weighted by Crippen LogP contribution is -2.51. The highest BCUT2D eigenvalue weighted by Crippen LogP contribution is 2.22. The van der Waals surface area contributed by atoms with Crippen molar-refractivity contribution >= 4 is 62.2 Å². The number of thioether (sulfide) groups is 1. The number of nitrogens with one attached hydrogen (secondary N) is 2. The van der Waals surface area contributed by atoms with E-state index in [1.165, 1.54) is 11.3 Å². The fraction of sp³-hybridized carbons (Fsp3) is 0.357. The van der Waals surface area contributed by atoms with Crippen molar-refractivity contribution in [2.45, 2.75) is 18.3 Å². The average molecular weight is 496 g/mol. The van der Waals surface area contributed by atoms with Gasteiger partial charge in [-0.05, 0) is 0 Å². The molecule has 0 radical (unpaired) electrons. The fourth-order valence-corrected chi connectivity index (χ4v) is 4.47. The summed E-state index contributed by atoms with van der Waals surface area (Å²) in [7, 11) is -3.64. The van der Waals surface area contributed by atoms with E-state index in [0.29, 0.717) is 41.0 Å². The minimum Gasteiger partial charge on any atom is -0.478 e.